The molecule has 0 fully saturated rings. The molecule has 25 heavy (non-hydrogen) atoms. The van der Waals surface area contributed by atoms with E-state index in [0.717, 1.165) is 18.4 Å². The van der Waals surface area contributed by atoms with E-state index in [0.29, 0.717) is 12.0 Å². The normalized spacial score (nSPS) is 20.7. The van der Waals surface area contributed by atoms with Crippen LogP contribution in [0.2, 0.25) is 0 Å². The van der Waals surface area contributed by atoms with Crippen molar-refractivity contribution < 1.29 is 9.90 Å². The van der Waals surface area contributed by atoms with Crippen molar-refractivity contribution in [1.29, 1.82) is 0 Å². The third-order valence-corrected chi connectivity index (χ3v) is 6.10. The summed E-state index contributed by atoms with van der Waals surface area (Å²) in [7, 11) is 0. The first-order valence-electron chi connectivity index (χ1n) is 9.38. The Bertz CT molecular complexity index is 776. The zero-order chi connectivity index (χ0) is 18.4. The van der Waals surface area contributed by atoms with Crippen LogP contribution in [-0.4, -0.2) is 11.1 Å². The number of benzene rings is 1. The molecule has 3 rings (SSSR count). The van der Waals surface area contributed by atoms with E-state index < -0.39 is 5.97 Å². The lowest BCUT2D eigenvalue weighted by molar-refractivity contribution is -0.132. The summed E-state index contributed by atoms with van der Waals surface area (Å²) in [6, 6.07) is 4.86. The Hall–Kier alpha value is -1.83. The molecule has 0 bridgehead atoms. The predicted molar refractivity (Wildman–Crippen MR) is 103 cm³/mol. The van der Waals surface area contributed by atoms with Crippen LogP contribution < -0.4 is 0 Å². The highest BCUT2D eigenvalue weighted by Crippen LogP contribution is 2.46. The Labute approximate surface area is 151 Å². The van der Waals surface area contributed by atoms with Gasteiger partial charge in [0.15, 0.2) is 0 Å². The molecule has 0 radical (unpaired) electrons. The first-order chi connectivity index (χ1) is 11.6. The smallest absolute Gasteiger partial charge is 0.332 e. The number of hydrogen-bond donors (Lipinski definition) is 1. The van der Waals surface area contributed by atoms with E-state index in [1.54, 1.807) is 0 Å². The minimum atomic E-state index is -0.768. The summed E-state index contributed by atoms with van der Waals surface area (Å²) in [5, 5.41) is 8.91. The molecule has 0 heterocycles. The van der Waals surface area contributed by atoms with Crippen LogP contribution >= 0.6 is 0 Å². The molecule has 1 aromatic carbocycles. The number of hydrogen-bond acceptors (Lipinski definition) is 1. The van der Waals surface area contributed by atoms with Crippen molar-refractivity contribution in [2.45, 2.75) is 77.6 Å². The van der Waals surface area contributed by atoms with Crippen molar-refractivity contribution in [2.75, 3.05) is 0 Å². The maximum Gasteiger partial charge on any atom is 0.332 e. The van der Waals surface area contributed by atoms with Crippen molar-refractivity contribution in [2.24, 2.45) is 0 Å². The van der Waals surface area contributed by atoms with Gasteiger partial charge in [-0.25, -0.2) is 4.79 Å². The Balaban J connectivity index is 1.77. The molecule has 1 N–H and O–H groups in total. The zero-order valence-electron chi connectivity index (χ0n) is 16.2. The average Bonchev–Trinajstić information content (AvgIpc) is 3.29. The SMILES string of the molecule is Cc1cc2c(cc1CCC=CC1=C(C(=O)O)C1)C(C)(C)CCC2(C)C. The second kappa shape index (κ2) is 6.16. The van der Waals surface area contributed by atoms with Gasteiger partial charge in [0.2, 0.25) is 0 Å². The summed E-state index contributed by atoms with van der Waals surface area (Å²) in [6.07, 6.45) is 9.22. The summed E-state index contributed by atoms with van der Waals surface area (Å²) >= 11 is 0. The van der Waals surface area contributed by atoms with Gasteiger partial charge in [0, 0.05) is 12.0 Å². The topological polar surface area (TPSA) is 37.3 Å². The molecule has 0 saturated heterocycles. The minimum Gasteiger partial charge on any atom is -0.478 e. The molecule has 0 aromatic heterocycles. The van der Waals surface area contributed by atoms with Crippen LogP contribution in [0.5, 0.6) is 0 Å². The second-order valence-electron chi connectivity index (χ2n) is 9.02. The van der Waals surface area contributed by atoms with Gasteiger partial charge in [0.25, 0.3) is 0 Å². The van der Waals surface area contributed by atoms with Crippen LogP contribution in [0.15, 0.2) is 35.4 Å². The molecular formula is C23H30O2. The maximum atomic E-state index is 10.8. The maximum absolute atomic E-state index is 10.8. The zero-order valence-corrected chi connectivity index (χ0v) is 16.2. The first kappa shape index (κ1) is 18.0. The van der Waals surface area contributed by atoms with Gasteiger partial charge in [-0.2, -0.15) is 0 Å². The third kappa shape index (κ3) is 3.58. The Kier molecular flexibility index (Phi) is 4.43. The number of fused-ring (bicyclic) bond motifs is 1. The number of aliphatic carboxylic acids is 1. The van der Waals surface area contributed by atoms with Crippen LogP contribution in [0.1, 0.15) is 75.6 Å². The fourth-order valence-electron chi connectivity index (χ4n) is 4.02. The Morgan fingerprint density at radius 1 is 1.12 bits per heavy atom. The first-order valence-corrected chi connectivity index (χ1v) is 9.38. The lowest BCUT2D eigenvalue weighted by Gasteiger charge is -2.42. The number of carbonyl (C=O) groups is 1. The molecule has 2 nitrogen and oxygen atoms in total. The molecule has 0 aliphatic heterocycles. The predicted octanol–water partition coefficient (Wildman–Crippen LogP) is 5.62. The Morgan fingerprint density at radius 3 is 2.28 bits per heavy atom. The fraction of sp³-hybridized carbons (Fsp3) is 0.522. The molecule has 2 aliphatic carbocycles. The van der Waals surface area contributed by atoms with Crippen molar-refractivity contribution in [3.05, 3.63) is 57.7 Å². The lowest BCUT2D eigenvalue weighted by atomic mass is 9.62. The molecule has 0 atom stereocenters. The van der Waals surface area contributed by atoms with Crippen LogP contribution in [-0.2, 0) is 22.0 Å². The molecule has 0 saturated carbocycles. The standard InChI is InChI=1S/C23H30O2/c1-15-12-19-20(23(4,5)11-10-22(19,2)3)14-16(15)8-6-7-9-17-13-18(17)21(24)25/h7,9,12,14H,6,8,10-11,13H2,1-5H3,(H,24,25). The summed E-state index contributed by atoms with van der Waals surface area (Å²) in [5.41, 5.74) is 7.93. The lowest BCUT2D eigenvalue weighted by Crippen LogP contribution is -2.34. The van der Waals surface area contributed by atoms with E-state index in [4.69, 9.17) is 5.11 Å². The van der Waals surface area contributed by atoms with Crippen molar-refractivity contribution in [1.82, 2.24) is 0 Å². The quantitative estimate of drug-likeness (QED) is 0.757. The Morgan fingerprint density at radius 2 is 1.72 bits per heavy atom. The van der Waals surface area contributed by atoms with E-state index in [1.165, 1.54) is 35.1 Å². The highest BCUT2D eigenvalue weighted by Gasteiger charge is 2.37. The van der Waals surface area contributed by atoms with Crippen molar-refractivity contribution in [3.8, 4) is 0 Å². The molecule has 134 valence electrons. The van der Waals surface area contributed by atoms with E-state index in [-0.39, 0.29) is 10.8 Å². The van der Waals surface area contributed by atoms with Gasteiger partial charge in [-0.3, -0.25) is 0 Å². The van der Waals surface area contributed by atoms with Gasteiger partial charge in [-0.05, 0) is 71.3 Å². The van der Waals surface area contributed by atoms with Gasteiger partial charge >= 0.3 is 5.97 Å². The van der Waals surface area contributed by atoms with Crippen LogP contribution in [0.3, 0.4) is 0 Å². The number of rotatable bonds is 5. The second-order valence-corrected chi connectivity index (χ2v) is 9.02. The number of aryl methyl sites for hydroxylation is 2. The molecular weight excluding hydrogens is 308 g/mol. The van der Waals surface area contributed by atoms with Gasteiger partial charge in [-0.15, -0.1) is 0 Å². The summed E-state index contributed by atoms with van der Waals surface area (Å²) in [6.45, 7) is 11.7. The van der Waals surface area contributed by atoms with Crippen LogP contribution in [0, 0.1) is 6.92 Å². The van der Waals surface area contributed by atoms with E-state index >= 15 is 0 Å². The van der Waals surface area contributed by atoms with E-state index in [1.807, 2.05) is 6.08 Å². The molecule has 0 unspecified atom stereocenters. The highest BCUT2D eigenvalue weighted by molar-refractivity contribution is 5.94. The summed E-state index contributed by atoms with van der Waals surface area (Å²) in [4.78, 5) is 10.8. The number of carboxylic acid groups (broad SMARTS) is 1. The molecule has 1 aromatic rings. The van der Waals surface area contributed by atoms with Gasteiger partial charge in [0.05, 0.1) is 0 Å². The van der Waals surface area contributed by atoms with Gasteiger partial charge in [-0.1, -0.05) is 52.0 Å². The highest BCUT2D eigenvalue weighted by atomic mass is 16.4. The average molecular weight is 338 g/mol. The number of allylic oxidation sites excluding steroid dienone is 3. The van der Waals surface area contributed by atoms with E-state index in [2.05, 4.69) is 52.8 Å². The fourth-order valence-corrected chi connectivity index (χ4v) is 4.02. The molecule has 0 amide bonds. The third-order valence-electron chi connectivity index (χ3n) is 6.10. The van der Waals surface area contributed by atoms with Crippen molar-refractivity contribution in [3.63, 3.8) is 0 Å². The van der Waals surface area contributed by atoms with Crippen LogP contribution in [0.4, 0.5) is 0 Å². The van der Waals surface area contributed by atoms with Gasteiger partial charge < -0.3 is 5.11 Å². The van der Waals surface area contributed by atoms with E-state index in [9.17, 15) is 4.79 Å². The summed E-state index contributed by atoms with van der Waals surface area (Å²) in [5.74, 6) is -0.768. The van der Waals surface area contributed by atoms with Crippen LogP contribution in [0.25, 0.3) is 0 Å². The van der Waals surface area contributed by atoms with Gasteiger partial charge in [0.1, 0.15) is 0 Å². The largest absolute Gasteiger partial charge is 0.478 e. The minimum absolute atomic E-state index is 0.248. The summed E-state index contributed by atoms with van der Waals surface area (Å²) < 4.78 is 0. The molecule has 0 spiro atoms. The molecule has 2 aliphatic rings. The van der Waals surface area contributed by atoms with Crippen molar-refractivity contribution >= 4 is 5.97 Å². The number of carboxylic acids is 1. The monoisotopic (exact) mass is 338 g/mol. The molecule has 2 heteroatoms.